The van der Waals surface area contributed by atoms with E-state index in [4.69, 9.17) is 9.47 Å². The van der Waals surface area contributed by atoms with Crippen LogP contribution in [0.1, 0.15) is 54.4 Å². The molecule has 5 atom stereocenters. The molecule has 0 aliphatic carbocycles. The van der Waals surface area contributed by atoms with Gasteiger partial charge in [0.1, 0.15) is 0 Å². The summed E-state index contributed by atoms with van der Waals surface area (Å²) in [5.41, 5.74) is 5.53. The standard InChI is InChI=1S/C37H42N2O6S/c1-26-35(23-39-21-7-9-32(39)25-41)44-37(45-36(26)29-15-13-27(24-40)14-16-29)30-19-17-28(18-20-30)34-12-6-5-8-31(34)22-38-46(42,43)33-10-3-2-4-11-33/h2-6,8,10-20,26,32,35-38,40-41H,7,9,21-25H2,1H3/t26-,32+,35+,36+,37+/m1/s1. The number of nitrogens with one attached hydrogen (secondary N) is 1. The largest absolute Gasteiger partial charge is 0.395 e. The second kappa shape index (κ2) is 14.6. The first-order valence-electron chi connectivity index (χ1n) is 15.9. The predicted molar refractivity (Wildman–Crippen MR) is 177 cm³/mol. The molecule has 0 spiro atoms. The van der Waals surface area contributed by atoms with Crippen molar-refractivity contribution < 1.29 is 28.1 Å². The van der Waals surface area contributed by atoms with E-state index >= 15 is 0 Å². The fourth-order valence-corrected chi connectivity index (χ4v) is 7.56. The minimum Gasteiger partial charge on any atom is -0.395 e. The predicted octanol–water partition coefficient (Wildman–Crippen LogP) is 5.57. The van der Waals surface area contributed by atoms with Gasteiger partial charge in [0.2, 0.25) is 10.0 Å². The fourth-order valence-electron chi connectivity index (χ4n) is 6.53. The molecular formula is C37H42N2O6S. The van der Waals surface area contributed by atoms with Crippen molar-refractivity contribution in [1.29, 1.82) is 0 Å². The van der Waals surface area contributed by atoms with Crippen molar-refractivity contribution in [3.8, 4) is 11.1 Å². The highest BCUT2D eigenvalue weighted by molar-refractivity contribution is 7.89. The molecule has 242 valence electrons. The van der Waals surface area contributed by atoms with Crippen LogP contribution in [0.4, 0.5) is 0 Å². The van der Waals surface area contributed by atoms with Crippen molar-refractivity contribution in [2.24, 2.45) is 5.92 Å². The lowest BCUT2D eigenvalue weighted by atomic mass is 9.89. The lowest BCUT2D eigenvalue weighted by Gasteiger charge is -2.43. The second-order valence-electron chi connectivity index (χ2n) is 12.2. The van der Waals surface area contributed by atoms with Crippen LogP contribution in [-0.2, 0) is 32.6 Å². The first-order chi connectivity index (χ1) is 22.4. The topological polar surface area (TPSA) is 108 Å². The number of ether oxygens (including phenoxy) is 2. The Bertz CT molecular complexity index is 1680. The van der Waals surface area contributed by atoms with Gasteiger partial charge in [-0.05, 0) is 59.3 Å². The third kappa shape index (κ3) is 7.26. The monoisotopic (exact) mass is 642 g/mol. The van der Waals surface area contributed by atoms with Crippen LogP contribution in [0.5, 0.6) is 0 Å². The van der Waals surface area contributed by atoms with E-state index in [9.17, 15) is 18.6 Å². The number of aliphatic hydroxyl groups is 2. The molecule has 6 rings (SSSR count). The number of rotatable bonds is 11. The van der Waals surface area contributed by atoms with Gasteiger partial charge in [0.25, 0.3) is 0 Å². The number of nitrogens with zero attached hydrogens (tertiary/aromatic N) is 1. The van der Waals surface area contributed by atoms with Gasteiger partial charge in [0.05, 0.1) is 30.3 Å². The van der Waals surface area contributed by atoms with Crippen LogP contribution in [-0.4, -0.2) is 55.4 Å². The molecule has 0 amide bonds. The van der Waals surface area contributed by atoms with Crippen molar-refractivity contribution in [3.63, 3.8) is 0 Å². The summed E-state index contributed by atoms with van der Waals surface area (Å²) >= 11 is 0. The molecule has 2 heterocycles. The van der Waals surface area contributed by atoms with E-state index in [-0.39, 0.29) is 48.8 Å². The molecule has 46 heavy (non-hydrogen) atoms. The lowest BCUT2D eigenvalue weighted by molar-refractivity contribution is -0.276. The van der Waals surface area contributed by atoms with Crippen LogP contribution in [0, 0.1) is 5.92 Å². The van der Waals surface area contributed by atoms with E-state index in [1.807, 2.05) is 72.8 Å². The summed E-state index contributed by atoms with van der Waals surface area (Å²) in [6.07, 6.45) is 1.12. The van der Waals surface area contributed by atoms with Crippen LogP contribution in [0.15, 0.2) is 108 Å². The number of benzene rings is 4. The first-order valence-corrected chi connectivity index (χ1v) is 17.4. The quantitative estimate of drug-likeness (QED) is 0.196. The maximum absolute atomic E-state index is 12.9. The normalized spacial score (nSPS) is 23.8. The van der Waals surface area contributed by atoms with Gasteiger partial charge < -0.3 is 19.7 Å². The number of likely N-dealkylation sites (tertiary alicyclic amines) is 1. The van der Waals surface area contributed by atoms with Crippen LogP contribution >= 0.6 is 0 Å². The Morgan fingerprint density at radius 2 is 1.54 bits per heavy atom. The summed E-state index contributed by atoms with van der Waals surface area (Å²) < 4.78 is 41.8. The molecule has 9 heteroatoms. The van der Waals surface area contributed by atoms with E-state index in [1.165, 1.54) is 0 Å². The van der Waals surface area contributed by atoms with Crippen molar-refractivity contribution in [3.05, 3.63) is 125 Å². The summed E-state index contributed by atoms with van der Waals surface area (Å²) in [5, 5.41) is 19.5. The molecule has 3 N–H and O–H groups in total. The molecule has 4 aromatic rings. The van der Waals surface area contributed by atoms with Gasteiger partial charge in [-0.3, -0.25) is 4.90 Å². The Morgan fingerprint density at radius 3 is 2.26 bits per heavy atom. The number of sulfonamides is 1. The van der Waals surface area contributed by atoms with Crippen molar-refractivity contribution in [1.82, 2.24) is 9.62 Å². The fraction of sp³-hybridized carbons (Fsp3) is 0.351. The molecule has 0 aromatic heterocycles. The van der Waals surface area contributed by atoms with Gasteiger partial charge in [-0.25, -0.2) is 13.1 Å². The number of hydrogen-bond acceptors (Lipinski definition) is 7. The molecule has 2 aliphatic rings. The molecule has 2 aliphatic heterocycles. The molecule has 2 saturated heterocycles. The summed E-state index contributed by atoms with van der Waals surface area (Å²) in [4.78, 5) is 2.57. The van der Waals surface area contributed by atoms with Gasteiger partial charge in [0, 0.05) is 30.6 Å². The second-order valence-corrected chi connectivity index (χ2v) is 14.0. The Labute approximate surface area is 271 Å². The van der Waals surface area contributed by atoms with Crippen LogP contribution in [0.3, 0.4) is 0 Å². The van der Waals surface area contributed by atoms with Crippen LogP contribution in [0.25, 0.3) is 11.1 Å². The highest BCUT2D eigenvalue weighted by Gasteiger charge is 2.40. The molecule has 0 unspecified atom stereocenters. The zero-order valence-electron chi connectivity index (χ0n) is 26.0. The molecule has 2 fully saturated rings. The summed E-state index contributed by atoms with van der Waals surface area (Å²) in [6.45, 7) is 4.09. The lowest BCUT2D eigenvalue weighted by Crippen LogP contribution is -2.46. The zero-order valence-corrected chi connectivity index (χ0v) is 26.9. The summed E-state index contributed by atoms with van der Waals surface area (Å²) in [6, 6.07) is 32.3. The van der Waals surface area contributed by atoms with Gasteiger partial charge >= 0.3 is 0 Å². The smallest absolute Gasteiger partial charge is 0.240 e. The van der Waals surface area contributed by atoms with Crippen LogP contribution in [0.2, 0.25) is 0 Å². The number of aliphatic hydroxyl groups excluding tert-OH is 2. The average molecular weight is 643 g/mol. The first kappa shape index (κ1) is 32.5. The Hall–Kier alpha value is -3.41. The maximum atomic E-state index is 12.9. The molecular weight excluding hydrogens is 600 g/mol. The van der Waals surface area contributed by atoms with Crippen molar-refractivity contribution >= 4 is 10.0 Å². The Morgan fingerprint density at radius 1 is 0.848 bits per heavy atom. The summed E-state index contributed by atoms with van der Waals surface area (Å²) in [7, 11) is -3.65. The zero-order chi connectivity index (χ0) is 32.1. The van der Waals surface area contributed by atoms with Gasteiger partial charge in [-0.2, -0.15) is 0 Å². The van der Waals surface area contributed by atoms with E-state index in [1.54, 1.807) is 30.3 Å². The number of hydrogen-bond donors (Lipinski definition) is 3. The maximum Gasteiger partial charge on any atom is 0.240 e. The van der Waals surface area contributed by atoms with E-state index in [0.717, 1.165) is 52.8 Å². The minimum absolute atomic E-state index is 0.0123. The molecule has 0 saturated carbocycles. The van der Waals surface area contributed by atoms with Gasteiger partial charge in [-0.15, -0.1) is 0 Å². The minimum atomic E-state index is -3.65. The van der Waals surface area contributed by atoms with Gasteiger partial charge in [0.15, 0.2) is 6.29 Å². The Kier molecular flexibility index (Phi) is 10.3. The third-order valence-corrected chi connectivity index (χ3v) is 10.7. The SMILES string of the molecule is C[C@@H]1[C@H](CN2CCC[C@H]2CO)O[C@H](c2ccc(-c3ccccc3CNS(=O)(=O)c3ccccc3)cc2)O[C@@H]1c1ccc(CO)cc1. The highest BCUT2D eigenvalue weighted by atomic mass is 32.2. The van der Waals surface area contributed by atoms with Crippen molar-refractivity contribution in [2.75, 3.05) is 19.7 Å². The molecule has 0 radical (unpaired) electrons. The highest BCUT2D eigenvalue weighted by Crippen LogP contribution is 2.42. The van der Waals surface area contributed by atoms with Crippen molar-refractivity contribution in [2.45, 2.75) is 62.4 Å². The average Bonchev–Trinajstić information content (AvgIpc) is 3.56. The van der Waals surface area contributed by atoms with E-state index < -0.39 is 16.3 Å². The van der Waals surface area contributed by atoms with E-state index in [0.29, 0.717) is 6.54 Å². The van der Waals surface area contributed by atoms with Crippen LogP contribution < -0.4 is 4.72 Å². The van der Waals surface area contributed by atoms with E-state index in [2.05, 4.69) is 16.5 Å². The summed E-state index contributed by atoms with van der Waals surface area (Å²) in [5.74, 6) is 0.0574. The van der Waals surface area contributed by atoms with Gasteiger partial charge in [-0.1, -0.05) is 97.9 Å². The molecule has 4 aromatic carbocycles. The molecule has 0 bridgehead atoms. The molecule has 8 nitrogen and oxygen atoms in total. The Balaban J connectivity index is 1.23. The third-order valence-electron chi connectivity index (χ3n) is 9.27.